The van der Waals surface area contributed by atoms with E-state index < -0.39 is 59.6 Å². The molecule has 2 rings (SSSR count). The molecule has 184 valence electrons. The third-order valence-electron chi connectivity index (χ3n) is 4.21. The van der Waals surface area contributed by atoms with Crippen LogP contribution in [-0.2, 0) is 30.5 Å². The molecule has 1 heterocycles. The largest absolute Gasteiger partial charge is 0.493 e. The second kappa shape index (κ2) is 11.0. The van der Waals surface area contributed by atoms with Crippen LogP contribution in [0.1, 0.15) is 25.8 Å². The van der Waals surface area contributed by atoms with Crippen LogP contribution in [0.15, 0.2) is 29.1 Å². The quantitative estimate of drug-likeness (QED) is 0.410. The van der Waals surface area contributed by atoms with Crippen molar-refractivity contribution in [2.24, 2.45) is 5.73 Å². The zero-order chi connectivity index (χ0) is 24.9. The van der Waals surface area contributed by atoms with Gasteiger partial charge in [-0.2, -0.15) is 13.2 Å². The molecule has 1 aromatic rings. The molecule has 8 nitrogen and oxygen atoms in total. The van der Waals surface area contributed by atoms with E-state index >= 15 is 0 Å². The Kier molecular flexibility index (Phi) is 8.86. The van der Waals surface area contributed by atoms with Gasteiger partial charge in [0.2, 0.25) is 6.35 Å². The molecule has 1 unspecified atom stereocenters. The topological polar surface area (TPSA) is 94.3 Å². The highest BCUT2D eigenvalue weighted by atomic mass is 35.5. The summed E-state index contributed by atoms with van der Waals surface area (Å²) in [6, 6.07) is 1.83. The Hall–Kier alpha value is -2.64. The van der Waals surface area contributed by atoms with Crippen molar-refractivity contribution in [1.29, 1.82) is 0 Å². The number of carbonyl (C=O) groups is 2. The van der Waals surface area contributed by atoms with E-state index in [0.717, 1.165) is 17.0 Å². The predicted octanol–water partition coefficient (Wildman–Crippen LogP) is 3.11. The fraction of sp³-hybridized carbons (Fsp3) is 0.474. The Labute approximate surface area is 190 Å². The summed E-state index contributed by atoms with van der Waals surface area (Å²) in [5.41, 5.74) is 5.19. The number of benzene rings is 1. The van der Waals surface area contributed by atoms with Gasteiger partial charge in [-0.25, -0.2) is 13.6 Å². The Morgan fingerprint density at radius 1 is 1.27 bits per heavy atom. The highest BCUT2D eigenvalue weighted by Crippen LogP contribution is 2.33. The number of amides is 1. The molecule has 1 atom stereocenters. The first-order chi connectivity index (χ1) is 15.4. The zero-order valence-corrected chi connectivity index (χ0v) is 18.3. The van der Waals surface area contributed by atoms with E-state index in [1.807, 2.05) is 0 Å². The van der Waals surface area contributed by atoms with Crippen molar-refractivity contribution in [3.05, 3.63) is 46.3 Å². The lowest BCUT2D eigenvalue weighted by atomic mass is 10.2. The van der Waals surface area contributed by atoms with Gasteiger partial charge in [0.05, 0.1) is 6.61 Å². The SMILES string of the molecule is CC(C)N1C(=O)C(Cl)=C(OCc2ccc(F)cc2F)N(OC(=O)C(F)(F)F)C1OCCCN. The van der Waals surface area contributed by atoms with E-state index in [0.29, 0.717) is 6.07 Å². The number of rotatable bonds is 9. The van der Waals surface area contributed by atoms with Crippen LogP contribution < -0.4 is 5.73 Å². The molecule has 2 N–H and O–H groups in total. The minimum atomic E-state index is -5.41. The average Bonchev–Trinajstić information content (AvgIpc) is 2.71. The van der Waals surface area contributed by atoms with Crippen molar-refractivity contribution in [3.63, 3.8) is 0 Å². The summed E-state index contributed by atoms with van der Waals surface area (Å²) in [7, 11) is 0. The monoisotopic (exact) mass is 501 g/mol. The summed E-state index contributed by atoms with van der Waals surface area (Å²) in [5.74, 6) is -6.27. The van der Waals surface area contributed by atoms with Gasteiger partial charge < -0.3 is 20.0 Å². The summed E-state index contributed by atoms with van der Waals surface area (Å²) in [6.45, 7) is 2.38. The number of hydrogen-bond donors (Lipinski definition) is 1. The number of nitrogens with zero attached hydrogens (tertiary/aromatic N) is 2. The van der Waals surface area contributed by atoms with E-state index in [1.165, 1.54) is 13.8 Å². The fourth-order valence-electron chi connectivity index (χ4n) is 2.66. The van der Waals surface area contributed by atoms with Crippen LogP contribution in [-0.4, -0.2) is 53.6 Å². The van der Waals surface area contributed by atoms with Crippen LogP contribution in [0, 0.1) is 11.6 Å². The average molecular weight is 502 g/mol. The molecule has 0 radical (unpaired) electrons. The molecule has 0 aliphatic carbocycles. The Morgan fingerprint density at radius 2 is 1.94 bits per heavy atom. The van der Waals surface area contributed by atoms with Gasteiger partial charge in [-0.15, -0.1) is 5.06 Å². The summed E-state index contributed by atoms with van der Waals surface area (Å²) in [4.78, 5) is 29.8. The highest BCUT2D eigenvalue weighted by Gasteiger charge is 2.49. The maximum absolute atomic E-state index is 14.0. The van der Waals surface area contributed by atoms with Crippen LogP contribution in [0.3, 0.4) is 0 Å². The third-order valence-corrected chi connectivity index (χ3v) is 4.54. The van der Waals surface area contributed by atoms with Gasteiger partial charge in [0.15, 0.2) is 5.03 Å². The number of hydroxylamine groups is 2. The summed E-state index contributed by atoms with van der Waals surface area (Å²) in [6.07, 6.45) is -6.86. The number of halogens is 6. The van der Waals surface area contributed by atoms with Gasteiger partial charge >= 0.3 is 12.1 Å². The molecule has 0 saturated carbocycles. The molecular formula is C19H21ClF5N3O5. The highest BCUT2D eigenvalue weighted by molar-refractivity contribution is 6.42. The summed E-state index contributed by atoms with van der Waals surface area (Å²) < 4.78 is 76.6. The maximum atomic E-state index is 14.0. The Morgan fingerprint density at radius 3 is 2.48 bits per heavy atom. The van der Waals surface area contributed by atoms with Crippen molar-refractivity contribution in [2.75, 3.05) is 13.2 Å². The number of carbonyl (C=O) groups excluding carboxylic acids is 2. The molecule has 0 bridgehead atoms. The van der Waals surface area contributed by atoms with Crippen LogP contribution in [0.5, 0.6) is 0 Å². The van der Waals surface area contributed by atoms with Crippen LogP contribution >= 0.6 is 11.6 Å². The van der Waals surface area contributed by atoms with E-state index in [2.05, 4.69) is 4.84 Å². The normalized spacial score (nSPS) is 17.2. The van der Waals surface area contributed by atoms with Gasteiger partial charge in [-0.3, -0.25) is 9.69 Å². The van der Waals surface area contributed by atoms with Crippen LogP contribution in [0.2, 0.25) is 0 Å². The molecule has 1 aliphatic rings. The molecule has 14 heteroatoms. The number of hydrogen-bond acceptors (Lipinski definition) is 7. The fourth-order valence-corrected chi connectivity index (χ4v) is 2.90. The molecule has 0 saturated heterocycles. The first-order valence-corrected chi connectivity index (χ1v) is 9.95. The Bertz CT molecular complexity index is 912. The second-order valence-electron chi connectivity index (χ2n) is 6.99. The second-order valence-corrected chi connectivity index (χ2v) is 7.37. The molecule has 1 aromatic carbocycles. The number of nitrogens with two attached hydrogens (primary N) is 1. The molecular weight excluding hydrogens is 481 g/mol. The van der Waals surface area contributed by atoms with Crippen molar-refractivity contribution in [1.82, 2.24) is 9.96 Å². The van der Waals surface area contributed by atoms with E-state index in [1.54, 1.807) is 0 Å². The van der Waals surface area contributed by atoms with Crippen LogP contribution in [0.25, 0.3) is 0 Å². The molecule has 0 fully saturated rings. The maximum Gasteiger partial charge on any atom is 0.493 e. The Balaban J connectivity index is 2.47. The molecule has 1 amide bonds. The van der Waals surface area contributed by atoms with Gasteiger partial charge in [-0.1, -0.05) is 11.6 Å². The van der Waals surface area contributed by atoms with E-state index in [4.69, 9.17) is 26.8 Å². The smallest absolute Gasteiger partial charge is 0.471 e. The molecule has 33 heavy (non-hydrogen) atoms. The molecule has 0 aromatic heterocycles. The van der Waals surface area contributed by atoms with Crippen LogP contribution in [0.4, 0.5) is 22.0 Å². The van der Waals surface area contributed by atoms with Gasteiger partial charge in [-0.05, 0) is 38.9 Å². The van der Waals surface area contributed by atoms with Crippen molar-refractivity contribution < 1.29 is 45.9 Å². The lowest BCUT2D eigenvalue weighted by Crippen LogP contribution is -2.59. The van der Waals surface area contributed by atoms with Crippen molar-refractivity contribution >= 4 is 23.5 Å². The molecule has 1 aliphatic heterocycles. The van der Waals surface area contributed by atoms with E-state index in [-0.39, 0.29) is 30.2 Å². The minimum absolute atomic E-state index is 0.130. The van der Waals surface area contributed by atoms with Gasteiger partial charge in [0, 0.05) is 17.7 Å². The number of alkyl halides is 3. The third kappa shape index (κ3) is 6.45. The first-order valence-electron chi connectivity index (χ1n) is 9.57. The molecule has 0 spiro atoms. The summed E-state index contributed by atoms with van der Waals surface area (Å²) in [5, 5.41) is -0.503. The van der Waals surface area contributed by atoms with Gasteiger partial charge in [0.25, 0.3) is 11.8 Å². The lowest BCUT2D eigenvalue weighted by molar-refractivity contribution is -0.304. The zero-order valence-electron chi connectivity index (χ0n) is 17.5. The van der Waals surface area contributed by atoms with E-state index in [9.17, 15) is 31.5 Å². The van der Waals surface area contributed by atoms with Gasteiger partial charge in [0.1, 0.15) is 18.2 Å². The predicted molar refractivity (Wildman–Crippen MR) is 103 cm³/mol. The van der Waals surface area contributed by atoms with Crippen molar-refractivity contribution in [2.45, 2.75) is 45.4 Å². The number of ether oxygens (including phenoxy) is 2. The summed E-state index contributed by atoms with van der Waals surface area (Å²) >= 11 is 6.04. The standard InChI is InChI=1S/C19H21ClF5N3O5/c1-10(2)27-15(29)14(20)16(32-9-11-4-5-12(21)8-13(11)22)28(18(27)31-7-3-6-26)33-17(30)19(23,24)25/h4-5,8,10,18H,3,6-7,9,26H2,1-2H3. The first kappa shape index (κ1) is 26.6. The van der Waals surface area contributed by atoms with Crippen molar-refractivity contribution in [3.8, 4) is 0 Å². The lowest BCUT2D eigenvalue weighted by Gasteiger charge is -2.43. The minimum Gasteiger partial charge on any atom is -0.471 e.